The molecular weight excluding hydrogens is 213 g/mol. The molecule has 0 heterocycles. The molecule has 0 amide bonds. The van der Waals surface area contributed by atoms with Crippen molar-refractivity contribution >= 4 is 22.6 Å². The molecule has 0 saturated heterocycles. The van der Waals surface area contributed by atoms with Gasteiger partial charge in [0.05, 0.1) is 11.5 Å². The Morgan fingerprint density at radius 3 is 2.00 bits per heavy atom. The molecule has 0 aromatic rings. The smallest absolute Gasteiger partial charge is 0.0702 e. The van der Waals surface area contributed by atoms with Gasteiger partial charge in [0.2, 0.25) is 0 Å². The Kier molecular flexibility index (Phi) is 1.10. The number of halogens is 1. The molecule has 44 valence electrons. The van der Waals surface area contributed by atoms with Crippen LogP contribution in [0.1, 0.15) is 20.3 Å². The van der Waals surface area contributed by atoms with E-state index in [0.717, 1.165) is 6.42 Å². The molecule has 0 aromatic heterocycles. The Morgan fingerprint density at radius 2 is 2.00 bits per heavy atom. The number of hydrogen-bond acceptors (Lipinski definition) is 1. The van der Waals surface area contributed by atoms with Crippen molar-refractivity contribution in [2.75, 3.05) is 0 Å². The molecule has 1 nitrogen and oxygen atoms in total. The highest BCUT2D eigenvalue weighted by molar-refractivity contribution is 14.1. The summed E-state index contributed by atoms with van der Waals surface area (Å²) in [5.41, 5.74) is -0.0203. The molecule has 8 heavy (non-hydrogen) atoms. The van der Waals surface area contributed by atoms with Gasteiger partial charge in [-0.3, -0.25) is 0 Å². The molecule has 2 heteroatoms. The molecule has 0 aromatic carbocycles. The Hall–Kier alpha value is 0.220. The van der Waals surface area contributed by atoms with Crippen molar-refractivity contribution in [3.05, 3.63) is 0 Å². The van der Waals surface area contributed by atoms with Gasteiger partial charge in [-0.1, -0.05) is 22.6 Å². The third kappa shape index (κ3) is 0.644. The van der Waals surface area contributed by atoms with Crippen molar-refractivity contribution in [2.45, 2.75) is 23.7 Å². The number of nitrogens with zero attached hydrogens (tertiary/aromatic N) is 1. The minimum absolute atomic E-state index is 0.0203. The van der Waals surface area contributed by atoms with E-state index in [4.69, 9.17) is 5.26 Å². The molecule has 0 unspecified atom stereocenters. The highest BCUT2D eigenvalue weighted by Crippen LogP contribution is 2.61. The van der Waals surface area contributed by atoms with Crippen LogP contribution in [0.15, 0.2) is 0 Å². The largest absolute Gasteiger partial charge is 0.198 e. The zero-order valence-corrected chi connectivity index (χ0v) is 7.19. The van der Waals surface area contributed by atoms with Crippen molar-refractivity contribution in [3.8, 4) is 6.07 Å². The van der Waals surface area contributed by atoms with Crippen LogP contribution in [-0.4, -0.2) is 3.42 Å². The quantitative estimate of drug-likeness (QED) is 0.454. The molecular formula is C6H8IN. The van der Waals surface area contributed by atoms with Gasteiger partial charge in [0.15, 0.2) is 0 Å². The lowest BCUT2D eigenvalue weighted by Gasteiger charge is -1.99. The maximum absolute atomic E-state index is 8.55. The van der Waals surface area contributed by atoms with Gasteiger partial charge in [-0.15, -0.1) is 0 Å². The number of rotatable bonds is 0. The third-order valence-electron chi connectivity index (χ3n) is 1.96. The summed E-state index contributed by atoms with van der Waals surface area (Å²) < 4.78 is 0.263. The van der Waals surface area contributed by atoms with Gasteiger partial charge in [-0.25, -0.2) is 0 Å². The van der Waals surface area contributed by atoms with Crippen LogP contribution in [0.5, 0.6) is 0 Å². The van der Waals surface area contributed by atoms with Gasteiger partial charge in [0, 0.05) is 3.42 Å². The first kappa shape index (κ1) is 6.34. The first-order chi connectivity index (χ1) is 3.52. The Balaban J connectivity index is 2.72. The van der Waals surface area contributed by atoms with Crippen LogP contribution in [0.2, 0.25) is 0 Å². The minimum Gasteiger partial charge on any atom is -0.198 e. The van der Waals surface area contributed by atoms with Gasteiger partial charge in [0.25, 0.3) is 0 Å². The zero-order chi connectivity index (χ0) is 6.41. The topological polar surface area (TPSA) is 23.8 Å². The zero-order valence-electron chi connectivity index (χ0n) is 5.03. The third-order valence-corrected chi connectivity index (χ3v) is 3.53. The average molecular weight is 221 g/mol. The van der Waals surface area contributed by atoms with Crippen LogP contribution in [0, 0.1) is 16.7 Å². The van der Waals surface area contributed by atoms with Gasteiger partial charge >= 0.3 is 0 Å². The van der Waals surface area contributed by atoms with E-state index >= 15 is 0 Å². The van der Waals surface area contributed by atoms with Crippen LogP contribution in [0.3, 0.4) is 0 Å². The van der Waals surface area contributed by atoms with Gasteiger partial charge in [-0.2, -0.15) is 5.26 Å². The number of nitriles is 1. The molecule has 0 radical (unpaired) electrons. The van der Waals surface area contributed by atoms with E-state index in [9.17, 15) is 0 Å². The van der Waals surface area contributed by atoms with Crippen molar-refractivity contribution < 1.29 is 0 Å². The summed E-state index contributed by atoms with van der Waals surface area (Å²) in [4.78, 5) is 0. The predicted molar refractivity (Wildman–Crippen MR) is 40.8 cm³/mol. The molecule has 0 N–H and O–H groups in total. The Morgan fingerprint density at radius 1 is 1.62 bits per heavy atom. The lowest BCUT2D eigenvalue weighted by atomic mass is 10.1. The van der Waals surface area contributed by atoms with Gasteiger partial charge < -0.3 is 0 Å². The standard InChI is InChI=1S/C6H8IN/c1-5(4-8)3-6(5,2)7/h3H2,1-2H3/t5-,6-/m1/s1. The summed E-state index contributed by atoms with van der Waals surface area (Å²) in [6.07, 6.45) is 1.05. The van der Waals surface area contributed by atoms with E-state index in [0.29, 0.717) is 0 Å². The van der Waals surface area contributed by atoms with E-state index in [-0.39, 0.29) is 8.84 Å². The highest BCUT2D eigenvalue weighted by atomic mass is 127. The lowest BCUT2D eigenvalue weighted by Crippen LogP contribution is -2.01. The second kappa shape index (κ2) is 1.38. The van der Waals surface area contributed by atoms with Crippen LogP contribution >= 0.6 is 22.6 Å². The van der Waals surface area contributed by atoms with E-state index < -0.39 is 0 Å². The normalized spacial score (nSPS) is 52.8. The first-order valence-corrected chi connectivity index (χ1v) is 3.70. The first-order valence-electron chi connectivity index (χ1n) is 2.62. The fraction of sp³-hybridized carbons (Fsp3) is 0.833. The molecule has 1 aliphatic carbocycles. The van der Waals surface area contributed by atoms with Crippen LogP contribution in [-0.2, 0) is 0 Å². The summed E-state index contributed by atoms with van der Waals surface area (Å²) in [6.45, 7) is 4.14. The molecule has 1 saturated carbocycles. The summed E-state index contributed by atoms with van der Waals surface area (Å²) in [5, 5.41) is 8.55. The SMILES string of the molecule is C[C@]1(C#N)C[C@@]1(C)I. The van der Waals surface area contributed by atoms with Crippen molar-refractivity contribution in [1.29, 1.82) is 5.26 Å². The molecule has 1 aliphatic rings. The summed E-state index contributed by atoms with van der Waals surface area (Å²) in [6, 6.07) is 2.30. The maximum atomic E-state index is 8.55. The Bertz CT molecular complexity index is 156. The molecule has 0 bridgehead atoms. The van der Waals surface area contributed by atoms with Crippen molar-refractivity contribution in [1.82, 2.24) is 0 Å². The minimum atomic E-state index is -0.0203. The average Bonchev–Trinajstić information content (AvgIpc) is 2.10. The van der Waals surface area contributed by atoms with E-state index in [2.05, 4.69) is 35.6 Å². The van der Waals surface area contributed by atoms with Crippen LogP contribution in [0.25, 0.3) is 0 Å². The van der Waals surface area contributed by atoms with Gasteiger partial charge in [0.1, 0.15) is 0 Å². The maximum Gasteiger partial charge on any atom is 0.0702 e. The van der Waals surface area contributed by atoms with Gasteiger partial charge in [-0.05, 0) is 20.3 Å². The van der Waals surface area contributed by atoms with Crippen LogP contribution < -0.4 is 0 Å². The molecule has 1 fully saturated rings. The molecule has 0 spiro atoms. The summed E-state index contributed by atoms with van der Waals surface area (Å²) >= 11 is 2.34. The van der Waals surface area contributed by atoms with Crippen LogP contribution in [0.4, 0.5) is 0 Å². The predicted octanol–water partition coefficient (Wildman–Crippen LogP) is 2.11. The monoisotopic (exact) mass is 221 g/mol. The Labute approximate surface area is 63.2 Å². The molecule has 1 rings (SSSR count). The molecule has 0 aliphatic heterocycles. The molecule has 2 atom stereocenters. The highest BCUT2D eigenvalue weighted by Gasteiger charge is 2.60. The van der Waals surface area contributed by atoms with Crippen molar-refractivity contribution in [2.24, 2.45) is 5.41 Å². The van der Waals surface area contributed by atoms with E-state index in [1.807, 2.05) is 6.92 Å². The summed E-state index contributed by atoms with van der Waals surface area (Å²) in [5.74, 6) is 0. The second-order valence-corrected chi connectivity index (χ2v) is 5.20. The van der Waals surface area contributed by atoms with Crippen molar-refractivity contribution in [3.63, 3.8) is 0 Å². The summed E-state index contributed by atoms with van der Waals surface area (Å²) in [7, 11) is 0. The lowest BCUT2D eigenvalue weighted by molar-refractivity contribution is 0.722. The second-order valence-electron chi connectivity index (χ2n) is 2.82. The fourth-order valence-corrected chi connectivity index (χ4v) is 1.66. The van der Waals surface area contributed by atoms with E-state index in [1.54, 1.807) is 0 Å². The van der Waals surface area contributed by atoms with E-state index in [1.165, 1.54) is 0 Å². The fourth-order valence-electron chi connectivity index (χ4n) is 0.776. The number of alkyl halides is 1. The number of hydrogen-bond donors (Lipinski definition) is 0.